The molecule has 16 heavy (non-hydrogen) atoms. The molecule has 2 heterocycles. The van der Waals surface area contributed by atoms with Gasteiger partial charge in [-0.05, 0) is 40.2 Å². The minimum atomic E-state index is -0.0822. The minimum Gasteiger partial charge on any atom is -0.309 e. The molecule has 90 valence electrons. The molecule has 3 heteroatoms. The lowest BCUT2D eigenvalue weighted by molar-refractivity contribution is -0.131. The second-order valence-electron chi connectivity index (χ2n) is 6.13. The van der Waals surface area contributed by atoms with E-state index < -0.39 is 0 Å². The molecule has 2 rings (SSSR count). The van der Waals surface area contributed by atoms with E-state index in [1.165, 1.54) is 11.3 Å². The van der Waals surface area contributed by atoms with E-state index in [1.54, 1.807) is 0 Å². The van der Waals surface area contributed by atoms with E-state index in [4.69, 9.17) is 0 Å². The van der Waals surface area contributed by atoms with Gasteiger partial charge in [-0.25, -0.2) is 0 Å². The average Bonchev–Trinajstić information content (AvgIpc) is 2.56. The van der Waals surface area contributed by atoms with Crippen molar-refractivity contribution in [2.45, 2.75) is 52.6 Å². The first-order chi connectivity index (χ1) is 7.30. The molecule has 0 N–H and O–H groups in total. The summed E-state index contributed by atoms with van der Waals surface area (Å²) in [6.07, 6.45) is 0.635. The summed E-state index contributed by atoms with van der Waals surface area (Å²) in [5.41, 5.74) is 2.53. The van der Waals surface area contributed by atoms with E-state index in [0.29, 0.717) is 12.5 Å². The highest BCUT2D eigenvalue weighted by atomic mass is 16.2. The first kappa shape index (κ1) is 11.6. The number of hydrogen-bond donors (Lipinski definition) is 0. The van der Waals surface area contributed by atoms with Gasteiger partial charge in [0.2, 0.25) is 5.91 Å². The van der Waals surface area contributed by atoms with Gasteiger partial charge in [0.25, 0.3) is 0 Å². The topological polar surface area (TPSA) is 23.6 Å². The molecule has 0 atom stereocenters. The van der Waals surface area contributed by atoms with E-state index in [9.17, 15) is 4.79 Å². The summed E-state index contributed by atoms with van der Waals surface area (Å²) in [5, 5.41) is 0. The number of carbonyl (C=O) groups is 1. The molecule has 3 nitrogen and oxygen atoms in total. The molecule has 0 unspecified atom stereocenters. The molecule has 0 saturated carbocycles. The van der Waals surface area contributed by atoms with Crippen LogP contribution < -0.4 is 0 Å². The first-order valence-electron chi connectivity index (χ1n) is 6.08. The maximum atomic E-state index is 12.0. The molecular formula is C13H22N2O. The van der Waals surface area contributed by atoms with E-state index in [1.807, 2.05) is 4.90 Å². The van der Waals surface area contributed by atoms with Gasteiger partial charge < -0.3 is 4.90 Å². The van der Waals surface area contributed by atoms with E-state index in [0.717, 1.165) is 13.1 Å². The van der Waals surface area contributed by atoms with Crippen LogP contribution in [0.15, 0.2) is 11.3 Å². The van der Waals surface area contributed by atoms with Crippen LogP contribution in [0.3, 0.4) is 0 Å². The van der Waals surface area contributed by atoms with Crippen LogP contribution in [-0.2, 0) is 4.79 Å². The van der Waals surface area contributed by atoms with Crippen LogP contribution in [0.5, 0.6) is 0 Å². The zero-order valence-corrected chi connectivity index (χ0v) is 11.0. The molecule has 2 aliphatic heterocycles. The van der Waals surface area contributed by atoms with Gasteiger partial charge >= 0.3 is 0 Å². The van der Waals surface area contributed by atoms with E-state index in [-0.39, 0.29) is 11.4 Å². The van der Waals surface area contributed by atoms with E-state index in [2.05, 4.69) is 39.5 Å². The zero-order valence-electron chi connectivity index (χ0n) is 11.0. The number of amides is 1. The summed E-state index contributed by atoms with van der Waals surface area (Å²) < 4.78 is 0. The molecule has 0 fully saturated rings. The molecule has 0 saturated heterocycles. The first-order valence-corrected chi connectivity index (χ1v) is 6.08. The fraction of sp³-hybridized carbons (Fsp3) is 0.769. The second-order valence-corrected chi connectivity index (χ2v) is 6.13. The van der Waals surface area contributed by atoms with Gasteiger partial charge in [0.05, 0.1) is 6.42 Å². The predicted octanol–water partition coefficient (Wildman–Crippen LogP) is 2.00. The van der Waals surface area contributed by atoms with Gasteiger partial charge in [-0.3, -0.25) is 9.69 Å². The molecule has 0 aromatic heterocycles. The van der Waals surface area contributed by atoms with Crippen molar-refractivity contribution >= 4 is 5.91 Å². The summed E-state index contributed by atoms with van der Waals surface area (Å²) in [5.74, 6) is 0.279. The molecule has 2 aliphatic rings. The third-order valence-corrected chi connectivity index (χ3v) is 3.44. The highest BCUT2D eigenvalue weighted by Gasteiger charge is 2.41. The van der Waals surface area contributed by atoms with Gasteiger partial charge in [-0.1, -0.05) is 0 Å². The monoisotopic (exact) mass is 222 g/mol. The Hall–Kier alpha value is -0.830. The Morgan fingerprint density at radius 2 is 1.81 bits per heavy atom. The SMILES string of the molecule is CC(C)N1CC2=C(C1)N(C(C)(C)C)C(=O)C2. The van der Waals surface area contributed by atoms with Gasteiger partial charge in [0.1, 0.15) is 0 Å². The molecule has 0 radical (unpaired) electrons. The Bertz CT molecular complexity index is 349. The number of carbonyl (C=O) groups excluding carboxylic acids is 1. The Kier molecular flexibility index (Phi) is 2.61. The Morgan fingerprint density at radius 1 is 1.19 bits per heavy atom. The summed E-state index contributed by atoms with van der Waals surface area (Å²) in [6.45, 7) is 12.7. The minimum absolute atomic E-state index is 0.0822. The van der Waals surface area contributed by atoms with Crippen molar-refractivity contribution < 1.29 is 4.79 Å². The fourth-order valence-electron chi connectivity index (χ4n) is 2.64. The molecule has 1 amide bonds. The lowest BCUT2D eigenvalue weighted by atomic mass is 10.1. The lowest BCUT2D eigenvalue weighted by Gasteiger charge is -2.35. The second kappa shape index (κ2) is 3.59. The normalized spacial score (nSPS) is 22.6. The van der Waals surface area contributed by atoms with Crippen molar-refractivity contribution in [2.75, 3.05) is 13.1 Å². The van der Waals surface area contributed by atoms with Crippen LogP contribution in [0.4, 0.5) is 0 Å². The molecule has 0 aromatic rings. The van der Waals surface area contributed by atoms with Crippen molar-refractivity contribution in [3.05, 3.63) is 11.3 Å². The third-order valence-electron chi connectivity index (χ3n) is 3.44. The van der Waals surface area contributed by atoms with Crippen LogP contribution in [0.2, 0.25) is 0 Å². The Balaban J connectivity index is 2.21. The maximum Gasteiger partial charge on any atom is 0.231 e. The van der Waals surface area contributed by atoms with Crippen LogP contribution in [0.25, 0.3) is 0 Å². The largest absolute Gasteiger partial charge is 0.309 e. The molecule has 0 spiro atoms. The fourth-order valence-corrected chi connectivity index (χ4v) is 2.64. The summed E-state index contributed by atoms with van der Waals surface area (Å²) in [4.78, 5) is 16.4. The summed E-state index contributed by atoms with van der Waals surface area (Å²) >= 11 is 0. The van der Waals surface area contributed by atoms with E-state index >= 15 is 0 Å². The highest BCUT2D eigenvalue weighted by molar-refractivity contribution is 5.85. The van der Waals surface area contributed by atoms with Crippen molar-refractivity contribution in [2.24, 2.45) is 0 Å². The lowest BCUT2D eigenvalue weighted by Crippen LogP contribution is -2.44. The number of nitrogens with zero attached hydrogens (tertiary/aromatic N) is 2. The van der Waals surface area contributed by atoms with Crippen LogP contribution >= 0.6 is 0 Å². The van der Waals surface area contributed by atoms with Crippen molar-refractivity contribution in [1.29, 1.82) is 0 Å². The zero-order chi connectivity index (χ0) is 12.1. The van der Waals surface area contributed by atoms with Crippen molar-refractivity contribution in [3.8, 4) is 0 Å². The van der Waals surface area contributed by atoms with Crippen LogP contribution in [0.1, 0.15) is 41.0 Å². The molecule has 0 bridgehead atoms. The van der Waals surface area contributed by atoms with Gasteiger partial charge in [-0.2, -0.15) is 0 Å². The summed E-state index contributed by atoms with van der Waals surface area (Å²) in [6, 6.07) is 0.558. The third kappa shape index (κ3) is 1.77. The summed E-state index contributed by atoms with van der Waals surface area (Å²) in [7, 11) is 0. The quantitative estimate of drug-likeness (QED) is 0.677. The smallest absolute Gasteiger partial charge is 0.231 e. The van der Waals surface area contributed by atoms with Crippen LogP contribution in [0, 0.1) is 0 Å². The number of rotatable bonds is 1. The standard InChI is InChI=1S/C13H22N2O/c1-9(2)14-7-10-6-12(16)15(11(10)8-14)13(3,4)5/h9H,6-8H2,1-5H3. The van der Waals surface area contributed by atoms with Gasteiger partial charge in [0.15, 0.2) is 0 Å². The Labute approximate surface area is 98.1 Å². The Morgan fingerprint density at radius 3 is 2.31 bits per heavy atom. The van der Waals surface area contributed by atoms with Crippen molar-refractivity contribution in [1.82, 2.24) is 9.80 Å². The predicted molar refractivity (Wildman–Crippen MR) is 65.0 cm³/mol. The average molecular weight is 222 g/mol. The maximum absolute atomic E-state index is 12.0. The van der Waals surface area contributed by atoms with Gasteiger partial charge in [-0.15, -0.1) is 0 Å². The van der Waals surface area contributed by atoms with Gasteiger partial charge in [0, 0.05) is 30.4 Å². The molecule has 0 aliphatic carbocycles. The van der Waals surface area contributed by atoms with Crippen LogP contribution in [-0.4, -0.2) is 40.4 Å². The number of hydrogen-bond acceptors (Lipinski definition) is 2. The van der Waals surface area contributed by atoms with Crippen molar-refractivity contribution in [3.63, 3.8) is 0 Å². The molecular weight excluding hydrogens is 200 g/mol. The highest BCUT2D eigenvalue weighted by Crippen LogP contribution is 2.36. The molecule has 0 aromatic carbocycles.